The smallest absolute Gasteiger partial charge is 0.185 e. The third-order valence-corrected chi connectivity index (χ3v) is 3.52. The number of aliphatic hydroxyl groups is 2. The maximum atomic E-state index is 10.8. The Hall–Kier alpha value is -0.880. The molecule has 100 valence electrons. The van der Waals surface area contributed by atoms with Gasteiger partial charge in [-0.2, -0.15) is 0 Å². The van der Waals surface area contributed by atoms with Crippen molar-refractivity contribution >= 4 is 16.9 Å². The molecule has 2 unspecified atom stereocenters. The van der Waals surface area contributed by atoms with Gasteiger partial charge < -0.3 is 15.9 Å². The number of carbonyl (C=O) groups excluding carboxylic acids is 1. The number of thioether (sulfide) groups is 1. The summed E-state index contributed by atoms with van der Waals surface area (Å²) in [6.45, 7) is 1.80. The van der Waals surface area contributed by atoms with Crippen LogP contribution in [0.3, 0.4) is 0 Å². The SMILES string of the molecule is CC(=O)SCCC(O)C(O)c1ccccc1CN. The average molecular weight is 269 g/mol. The first-order valence-corrected chi connectivity index (χ1v) is 6.82. The van der Waals surface area contributed by atoms with Gasteiger partial charge in [-0.1, -0.05) is 36.0 Å². The topological polar surface area (TPSA) is 83.5 Å². The van der Waals surface area contributed by atoms with Crippen molar-refractivity contribution < 1.29 is 15.0 Å². The Morgan fingerprint density at radius 3 is 2.67 bits per heavy atom. The van der Waals surface area contributed by atoms with Crippen LogP contribution in [0.4, 0.5) is 0 Å². The van der Waals surface area contributed by atoms with Gasteiger partial charge in [0.25, 0.3) is 0 Å². The van der Waals surface area contributed by atoms with E-state index in [2.05, 4.69) is 0 Å². The summed E-state index contributed by atoms with van der Waals surface area (Å²) in [5, 5.41) is 20.0. The number of benzene rings is 1. The van der Waals surface area contributed by atoms with E-state index in [0.29, 0.717) is 24.3 Å². The van der Waals surface area contributed by atoms with Crippen LogP contribution < -0.4 is 5.73 Å². The average Bonchev–Trinajstić information content (AvgIpc) is 2.37. The van der Waals surface area contributed by atoms with E-state index in [1.807, 2.05) is 12.1 Å². The molecule has 0 saturated heterocycles. The van der Waals surface area contributed by atoms with E-state index in [9.17, 15) is 15.0 Å². The lowest BCUT2D eigenvalue weighted by Gasteiger charge is -2.20. The second kappa shape index (κ2) is 7.53. The summed E-state index contributed by atoms with van der Waals surface area (Å²) >= 11 is 1.15. The van der Waals surface area contributed by atoms with Crippen LogP contribution in [-0.2, 0) is 11.3 Å². The van der Waals surface area contributed by atoms with Crippen LogP contribution in [-0.4, -0.2) is 27.2 Å². The van der Waals surface area contributed by atoms with E-state index in [1.165, 1.54) is 6.92 Å². The number of carbonyl (C=O) groups is 1. The number of hydrogen-bond acceptors (Lipinski definition) is 5. The van der Waals surface area contributed by atoms with Gasteiger partial charge in [0.15, 0.2) is 5.12 Å². The van der Waals surface area contributed by atoms with Gasteiger partial charge in [0, 0.05) is 19.2 Å². The molecule has 4 nitrogen and oxygen atoms in total. The molecular weight excluding hydrogens is 250 g/mol. The maximum Gasteiger partial charge on any atom is 0.185 e. The van der Waals surface area contributed by atoms with Crippen LogP contribution in [0.15, 0.2) is 24.3 Å². The first-order chi connectivity index (χ1) is 8.56. The summed E-state index contributed by atoms with van der Waals surface area (Å²) in [5.74, 6) is 0.498. The Morgan fingerprint density at radius 2 is 2.06 bits per heavy atom. The van der Waals surface area contributed by atoms with Crippen molar-refractivity contribution in [2.45, 2.75) is 32.1 Å². The predicted octanol–water partition coefficient (Wildman–Crippen LogP) is 1.21. The zero-order valence-corrected chi connectivity index (χ0v) is 11.2. The molecule has 1 aromatic carbocycles. The van der Waals surface area contributed by atoms with Crippen LogP contribution in [0.2, 0.25) is 0 Å². The Labute approximate surface area is 111 Å². The highest BCUT2D eigenvalue weighted by atomic mass is 32.2. The number of nitrogens with two attached hydrogens (primary N) is 1. The summed E-state index contributed by atoms with van der Waals surface area (Å²) in [6.07, 6.45) is -1.48. The molecule has 0 spiro atoms. The van der Waals surface area contributed by atoms with Crippen molar-refractivity contribution in [1.29, 1.82) is 0 Å². The lowest BCUT2D eigenvalue weighted by atomic mass is 9.97. The maximum absolute atomic E-state index is 10.8. The molecule has 5 heteroatoms. The fourth-order valence-electron chi connectivity index (χ4n) is 1.70. The summed E-state index contributed by atoms with van der Waals surface area (Å²) in [4.78, 5) is 10.8. The normalized spacial score (nSPS) is 14.2. The van der Waals surface area contributed by atoms with E-state index in [4.69, 9.17) is 5.73 Å². The van der Waals surface area contributed by atoms with Crippen LogP contribution in [0, 0.1) is 0 Å². The molecular formula is C13H19NO3S. The van der Waals surface area contributed by atoms with Gasteiger partial charge in [-0.25, -0.2) is 0 Å². The van der Waals surface area contributed by atoms with Crippen molar-refractivity contribution in [1.82, 2.24) is 0 Å². The zero-order chi connectivity index (χ0) is 13.5. The van der Waals surface area contributed by atoms with Gasteiger partial charge in [0.2, 0.25) is 0 Å². The molecule has 0 aliphatic carbocycles. The molecule has 0 saturated carbocycles. The van der Waals surface area contributed by atoms with Crippen LogP contribution in [0.5, 0.6) is 0 Å². The minimum atomic E-state index is -0.961. The summed E-state index contributed by atoms with van der Waals surface area (Å²) in [6, 6.07) is 7.23. The Balaban J connectivity index is 2.62. The van der Waals surface area contributed by atoms with Gasteiger partial charge in [-0.05, 0) is 17.5 Å². The van der Waals surface area contributed by atoms with Crippen LogP contribution in [0.25, 0.3) is 0 Å². The van der Waals surface area contributed by atoms with Crippen molar-refractivity contribution in [3.8, 4) is 0 Å². The second-order valence-electron chi connectivity index (χ2n) is 4.04. The van der Waals surface area contributed by atoms with E-state index in [0.717, 1.165) is 17.3 Å². The van der Waals surface area contributed by atoms with E-state index >= 15 is 0 Å². The third-order valence-electron chi connectivity index (χ3n) is 2.68. The first-order valence-electron chi connectivity index (χ1n) is 5.83. The highest BCUT2D eigenvalue weighted by Crippen LogP contribution is 2.23. The predicted molar refractivity (Wildman–Crippen MR) is 73.1 cm³/mol. The van der Waals surface area contributed by atoms with Gasteiger partial charge in [-0.15, -0.1) is 0 Å². The summed E-state index contributed by atoms with van der Waals surface area (Å²) in [7, 11) is 0. The second-order valence-corrected chi connectivity index (χ2v) is 5.32. The molecule has 2 atom stereocenters. The number of aliphatic hydroxyl groups excluding tert-OH is 2. The van der Waals surface area contributed by atoms with Crippen molar-refractivity contribution in [2.24, 2.45) is 5.73 Å². The number of hydrogen-bond donors (Lipinski definition) is 3. The summed E-state index contributed by atoms with van der Waals surface area (Å²) < 4.78 is 0. The fraction of sp³-hybridized carbons (Fsp3) is 0.462. The van der Waals surface area contributed by atoms with Gasteiger partial charge in [0.1, 0.15) is 6.10 Å². The highest BCUT2D eigenvalue weighted by molar-refractivity contribution is 8.13. The van der Waals surface area contributed by atoms with Gasteiger partial charge >= 0.3 is 0 Å². The van der Waals surface area contributed by atoms with Gasteiger partial charge in [-0.3, -0.25) is 4.79 Å². The van der Waals surface area contributed by atoms with E-state index in [-0.39, 0.29) is 5.12 Å². The standard InChI is InChI=1S/C13H19NO3S/c1-9(15)18-7-6-12(16)13(17)11-5-3-2-4-10(11)8-14/h2-5,12-13,16-17H,6-8,14H2,1H3. The molecule has 0 radical (unpaired) electrons. The molecule has 0 aromatic heterocycles. The largest absolute Gasteiger partial charge is 0.390 e. The molecule has 0 fully saturated rings. The molecule has 4 N–H and O–H groups in total. The highest BCUT2D eigenvalue weighted by Gasteiger charge is 2.20. The molecule has 0 heterocycles. The quantitative estimate of drug-likeness (QED) is 0.723. The molecule has 1 rings (SSSR count). The van der Waals surface area contributed by atoms with Crippen LogP contribution in [0.1, 0.15) is 30.6 Å². The summed E-state index contributed by atoms with van der Waals surface area (Å²) in [5.41, 5.74) is 7.06. The number of rotatable bonds is 6. The van der Waals surface area contributed by atoms with Crippen molar-refractivity contribution in [2.75, 3.05) is 5.75 Å². The molecule has 0 aliphatic heterocycles. The lowest BCUT2D eigenvalue weighted by molar-refractivity contribution is -0.109. The Morgan fingerprint density at radius 1 is 1.39 bits per heavy atom. The Kier molecular flexibility index (Phi) is 6.35. The van der Waals surface area contributed by atoms with E-state index < -0.39 is 12.2 Å². The minimum absolute atomic E-state index is 0.0130. The minimum Gasteiger partial charge on any atom is -0.390 e. The molecule has 0 aliphatic rings. The molecule has 0 bridgehead atoms. The zero-order valence-electron chi connectivity index (χ0n) is 10.4. The van der Waals surface area contributed by atoms with Crippen molar-refractivity contribution in [3.05, 3.63) is 35.4 Å². The van der Waals surface area contributed by atoms with Crippen molar-refractivity contribution in [3.63, 3.8) is 0 Å². The Bertz CT molecular complexity index is 398. The van der Waals surface area contributed by atoms with Gasteiger partial charge in [0.05, 0.1) is 6.10 Å². The first kappa shape index (κ1) is 15.2. The molecule has 1 aromatic rings. The molecule has 18 heavy (non-hydrogen) atoms. The molecule has 0 amide bonds. The fourth-order valence-corrected chi connectivity index (χ4v) is 2.34. The third kappa shape index (κ3) is 4.42. The monoisotopic (exact) mass is 269 g/mol. The lowest BCUT2D eigenvalue weighted by Crippen LogP contribution is -2.21. The van der Waals surface area contributed by atoms with Crippen LogP contribution >= 0.6 is 11.8 Å². The van der Waals surface area contributed by atoms with E-state index in [1.54, 1.807) is 12.1 Å².